The Bertz CT molecular complexity index is 560. The third kappa shape index (κ3) is 1.97. The van der Waals surface area contributed by atoms with Crippen molar-refractivity contribution in [3.63, 3.8) is 0 Å². The van der Waals surface area contributed by atoms with Gasteiger partial charge in [0.2, 0.25) is 0 Å². The SMILES string of the molecule is CC(C)c1ncnn2c(Cl)cc(C(F)(F)F)c12. The maximum Gasteiger partial charge on any atom is 0.418 e. The summed E-state index contributed by atoms with van der Waals surface area (Å²) >= 11 is 5.73. The first-order valence-corrected chi connectivity index (χ1v) is 5.29. The van der Waals surface area contributed by atoms with Crippen molar-refractivity contribution < 1.29 is 13.2 Å². The van der Waals surface area contributed by atoms with Gasteiger partial charge in [0.05, 0.1) is 11.3 Å². The highest BCUT2D eigenvalue weighted by molar-refractivity contribution is 6.30. The van der Waals surface area contributed by atoms with E-state index >= 15 is 0 Å². The first-order chi connectivity index (χ1) is 7.82. The lowest BCUT2D eigenvalue weighted by atomic mass is 10.1. The lowest BCUT2D eigenvalue weighted by Crippen LogP contribution is -2.08. The summed E-state index contributed by atoms with van der Waals surface area (Å²) in [6.45, 7) is 3.53. The molecule has 0 saturated carbocycles. The van der Waals surface area contributed by atoms with Crippen LogP contribution < -0.4 is 0 Å². The van der Waals surface area contributed by atoms with Crippen molar-refractivity contribution >= 4 is 17.1 Å². The van der Waals surface area contributed by atoms with Crippen LogP contribution in [0.4, 0.5) is 13.2 Å². The molecule has 0 aliphatic carbocycles. The Labute approximate surface area is 100 Å². The van der Waals surface area contributed by atoms with E-state index in [0.29, 0.717) is 5.69 Å². The summed E-state index contributed by atoms with van der Waals surface area (Å²) in [6, 6.07) is 0.872. The van der Waals surface area contributed by atoms with Gasteiger partial charge in [0, 0.05) is 0 Å². The average molecular weight is 264 g/mol. The van der Waals surface area contributed by atoms with Gasteiger partial charge < -0.3 is 0 Å². The summed E-state index contributed by atoms with van der Waals surface area (Å²) in [4.78, 5) is 3.90. The number of halogens is 4. The molecule has 0 atom stereocenters. The second-order valence-corrected chi connectivity index (χ2v) is 4.33. The van der Waals surface area contributed by atoms with Crippen LogP contribution in [0.3, 0.4) is 0 Å². The molecule has 0 bridgehead atoms. The van der Waals surface area contributed by atoms with Crippen molar-refractivity contribution in [3.05, 3.63) is 28.8 Å². The maximum absolute atomic E-state index is 12.8. The Hall–Kier alpha value is -1.30. The van der Waals surface area contributed by atoms with E-state index in [2.05, 4.69) is 10.1 Å². The second kappa shape index (κ2) is 3.87. The number of rotatable bonds is 1. The van der Waals surface area contributed by atoms with E-state index in [1.54, 1.807) is 13.8 Å². The van der Waals surface area contributed by atoms with Crippen LogP contribution in [0.1, 0.15) is 31.0 Å². The van der Waals surface area contributed by atoms with E-state index < -0.39 is 11.7 Å². The molecule has 0 saturated heterocycles. The predicted octanol–water partition coefficient (Wildman–Crippen LogP) is 3.52. The predicted molar refractivity (Wildman–Crippen MR) is 57.1 cm³/mol. The number of aromatic nitrogens is 3. The van der Waals surface area contributed by atoms with Gasteiger partial charge in [0.1, 0.15) is 17.0 Å². The molecule has 0 unspecified atom stereocenters. The molecule has 0 aliphatic rings. The standard InChI is InChI=1S/C10H9ClF3N3/c1-5(2)8-9-6(10(12,13)14)3-7(11)17(9)16-4-15-8/h3-5H,1-2H3. The van der Waals surface area contributed by atoms with E-state index in [0.717, 1.165) is 10.6 Å². The molecule has 0 spiro atoms. The molecule has 92 valence electrons. The van der Waals surface area contributed by atoms with Gasteiger partial charge in [-0.2, -0.15) is 18.3 Å². The molecule has 0 amide bonds. The highest BCUT2D eigenvalue weighted by atomic mass is 35.5. The maximum atomic E-state index is 12.8. The Morgan fingerprint density at radius 1 is 1.35 bits per heavy atom. The number of alkyl halides is 3. The summed E-state index contributed by atoms with van der Waals surface area (Å²) in [5.74, 6) is -0.146. The zero-order valence-corrected chi connectivity index (χ0v) is 9.84. The molecule has 3 nitrogen and oxygen atoms in total. The van der Waals surface area contributed by atoms with Gasteiger partial charge in [-0.1, -0.05) is 25.4 Å². The summed E-state index contributed by atoms with van der Waals surface area (Å²) in [5.41, 5.74) is -0.536. The largest absolute Gasteiger partial charge is 0.418 e. The number of nitrogens with zero attached hydrogens (tertiary/aromatic N) is 3. The molecule has 0 N–H and O–H groups in total. The van der Waals surface area contributed by atoms with Crippen LogP contribution in [0.25, 0.3) is 5.52 Å². The van der Waals surface area contributed by atoms with Gasteiger partial charge in [0.15, 0.2) is 0 Å². The minimum Gasteiger partial charge on any atom is -0.237 e. The van der Waals surface area contributed by atoms with Gasteiger partial charge in [-0.15, -0.1) is 0 Å². The Morgan fingerprint density at radius 2 is 2.00 bits per heavy atom. The van der Waals surface area contributed by atoms with Crippen LogP contribution >= 0.6 is 11.6 Å². The van der Waals surface area contributed by atoms with Crippen LogP contribution in [-0.2, 0) is 6.18 Å². The molecule has 0 fully saturated rings. The van der Waals surface area contributed by atoms with Crippen LogP contribution in [-0.4, -0.2) is 14.6 Å². The highest BCUT2D eigenvalue weighted by Gasteiger charge is 2.36. The van der Waals surface area contributed by atoms with Crippen molar-refractivity contribution in [3.8, 4) is 0 Å². The molecule has 2 rings (SSSR count). The Kier molecular flexibility index (Phi) is 2.77. The van der Waals surface area contributed by atoms with E-state index in [1.807, 2.05) is 0 Å². The molecule has 0 radical (unpaired) electrons. The lowest BCUT2D eigenvalue weighted by molar-refractivity contribution is -0.136. The van der Waals surface area contributed by atoms with E-state index in [1.165, 1.54) is 6.33 Å². The fourth-order valence-corrected chi connectivity index (χ4v) is 1.91. The molecular weight excluding hydrogens is 255 g/mol. The number of hydrogen-bond donors (Lipinski definition) is 0. The van der Waals surface area contributed by atoms with E-state index in [9.17, 15) is 13.2 Å². The summed E-state index contributed by atoms with van der Waals surface area (Å²) in [6.07, 6.45) is -3.26. The topological polar surface area (TPSA) is 30.2 Å². The van der Waals surface area contributed by atoms with Gasteiger partial charge in [-0.05, 0) is 12.0 Å². The smallest absolute Gasteiger partial charge is 0.237 e. The lowest BCUT2D eigenvalue weighted by Gasteiger charge is -2.10. The van der Waals surface area contributed by atoms with E-state index in [-0.39, 0.29) is 16.6 Å². The van der Waals surface area contributed by atoms with Crippen molar-refractivity contribution in [2.24, 2.45) is 0 Å². The zero-order chi connectivity index (χ0) is 12.8. The molecule has 2 aromatic rings. The van der Waals surface area contributed by atoms with Gasteiger partial charge in [0.25, 0.3) is 0 Å². The zero-order valence-electron chi connectivity index (χ0n) is 9.09. The molecule has 0 aliphatic heterocycles. The van der Waals surface area contributed by atoms with Crippen LogP contribution in [0, 0.1) is 0 Å². The van der Waals surface area contributed by atoms with Crippen molar-refractivity contribution in [1.29, 1.82) is 0 Å². The monoisotopic (exact) mass is 263 g/mol. The Morgan fingerprint density at radius 3 is 2.53 bits per heavy atom. The Balaban J connectivity index is 2.86. The third-order valence-electron chi connectivity index (χ3n) is 2.39. The molecule has 2 aromatic heterocycles. The molecule has 17 heavy (non-hydrogen) atoms. The van der Waals surface area contributed by atoms with Crippen LogP contribution in [0.2, 0.25) is 5.15 Å². The molecule has 2 heterocycles. The van der Waals surface area contributed by atoms with E-state index in [4.69, 9.17) is 11.6 Å². The summed E-state index contributed by atoms with van der Waals surface area (Å²) < 4.78 is 39.6. The normalized spacial score (nSPS) is 12.6. The average Bonchev–Trinajstić information content (AvgIpc) is 2.56. The molecule has 0 aromatic carbocycles. The minimum atomic E-state index is -4.47. The third-order valence-corrected chi connectivity index (χ3v) is 2.66. The summed E-state index contributed by atoms with van der Waals surface area (Å²) in [5, 5.41) is 3.66. The van der Waals surface area contributed by atoms with Crippen molar-refractivity contribution in [2.45, 2.75) is 25.9 Å². The van der Waals surface area contributed by atoms with Crippen LogP contribution in [0.15, 0.2) is 12.4 Å². The highest BCUT2D eigenvalue weighted by Crippen LogP contribution is 2.37. The molecular formula is C10H9ClF3N3. The first kappa shape index (κ1) is 12.2. The van der Waals surface area contributed by atoms with Crippen LogP contribution in [0.5, 0.6) is 0 Å². The fraction of sp³-hybridized carbons (Fsp3) is 0.400. The van der Waals surface area contributed by atoms with Crippen molar-refractivity contribution in [1.82, 2.24) is 14.6 Å². The molecule has 7 heteroatoms. The second-order valence-electron chi connectivity index (χ2n) is 3.94. The minimum absolute atomic E-state index is 0.0694. The van der Waals surface area contributed by atoms with Gasteiger partial charge in [-0.25, -0.2) is 9.50 Å². The quantitative estimate of drug-likeness (QED) is 0.788. The first-order valence-electron chi connectivity index (χ1n) is 4.91. The summed E-state index contributed by atoms with van der Waals surface area (Å²) in [7, 11) is 0. The fourth-order valence-electron chi connectivity index (χ4n) is 1.67. The van der Waals surface area contributed by atoms with Gasteiger partial charge in [-0.3, -0.25) is 0 Å². The van der Waals surface area contributed by atoms with Gasteiger partial charge >= 0.3 is 6.18 Å². The van der Waals surface area contributed by atoms with Crippen molar-refractivity contribution in [2.75, 3.05) is 0 Å². The number of hydrogen-bond acceptors (Lipinski definition) is 2. The number of fused-ring (bicyclic) bond motifs is 1.